The summed E-state index contributed by atoms with van der Waals surface area (Å²) in [7, 11) is 1.68. The molecule has 1 saturated heterocycles. The Kier molecular flexibility index (Phi) is 6.63. The van der Waals surface area contributed by atoms with Crippen LogP contribution in [0.5, 0.6) is 0 Å². The normalized spacial score (nSPS) is 17.1. The summed E-state index contributed by atoms with van der Waals surface area (Å²) in [5.41, 5.74) is 3.19. The number of carbonyl (C=O) groups excluding carboxylic acids is 1. The van der Waals surface area contributed by atoms with Crippen LogP contribution in [0.25, 0.3) is 0 Å². The maximum Gasteiger partial charge on any atom is 0.322 e. The SMILES string of the molecule is COCCC1CN(C(=O)Nc2ccccc2Cc2ccccc2)CCO1. The number of urea groups is 1. The minimum absolute atomic E-state index is 0.0361. The number of para-hydroxylation sites is 1. The molecule has 1 heterocycles. The molecule has 1 aliphatic rings. The number of nitrogens with zero attached hydrogens (tertiary/aromatic N) is 1. The van der Waals surface area contributed by atoms with Crippen LogP contribution in [-0.4, -0.2) is 50.4 Å². The maximum atomic E-state index is 12.7. The van der Waals surface area contributed by atoms with Crippen LogP contribution in [0.3, 0.4) is 0 Å². The van der Waals surface area contributed by atoms with E-state index in [1.165, 1.54) is 5.56 Å². The fraction of sp³-hybridized carbons (Fsp3) is 0.381. The predicted molar refractivity (Wildman–Crippen MR) is 103 cm³/mol. The molecule has 26 heavy (non-hydrogen) atoms. The third-order valence-corrected chi connectivity index (χ3v) is 4.57. The highest BCUT2D eigenvalue weighted by atomic mass is 16.5. The molecule has 0 saturated carbocycles. The molecule has 1 atom stereocenters. The molecule has 0 radical (unpaired) electrons. The van der Waals surface area contributed by atoms with Gasteiger partial charge in [0.1, 0.15) is 0 Å². The molecule has 138 valence electrons. The lowest BCUT2D eigenvalue weighted by Gasteiger charge is -2.33. The van der Waals surface area contributed by atoms with Crippen molar-refractivity contribution in [3.63, 3.8) is 0 Å². The van der Waals surface area contributed by atoms with Gasteiger partial charge in [-0.1, -0.05) is 48.5 Å². The summed E-state index contributed by atoms with van der Waals surface area (Å²) < 4.78 is 10.8. The zero-order chi connectivity index (χ0) is 18.2. The van der Waals surface area contributed by atoms with Gasteiger partial charge in [-0.2, -0.15) is 0 Å². The second-order valence-electron chi connectivity index (χ2n) is 6.47. The highest BCUT2D eigenvalue weighted by Crippen LogP contribution is 2.20. The van der Waals surface area contributed by atoms with Crippen molar-refractivity contribution in [1.29, 1.82) is 0 Å². The molecule has 0 bridgehead atoms. The van der Waals surface area contributed by atoms with E-state index in [9.17, 15) is 4.79 Å². The summed E-state index contributed by atoms with van der Waals surface area (Å²) in [5, 5.41) is 3.08. The van der Waals surface area contributed by atoms with Crippen LogP contribution in [-0.2, 0) is 15.9 Å². The van der Waals surface area contributed by atoms with Crippen molar-refractivity contribution in [3.05, 3.63) is 65.7 Å². The molecular formula is C21H26N2O3. The Labute approximate surface area is 154 Å². The Bertz CT molecular complexity index is 705. The average Bonchev–Trinajstić information content (AvgIpc) is 2.69. The number of morpholine rings is 1. The lowest BCUT2D eigenvalue weighted by Crippen LogP contribution is -2.47. The van der Waals surface area contributed by atoms with E-state index in [0.29, 0.717) is 26.3 Å². The van der Waals surface area contributed by atoms with Crippen molar-refractivity contribution in [2.45, 2.75) is 18.9 Å². The second kappa shape index (κ2) is 9.36. The Morgan fingerprint density at radius 1 is 1.19 bits per heavy atom. The number of benzene rings is 2. The van der Waals surface area contributed by atoms with Crippen molar-refractivity contribution in [3.8, 4) is 0 Å². The number of ether oxygens (including phenoxy) is 2. The third kappa shape index (κ3) is 5.07. The van der Waals surface area contributed by atoms with Crippen molar-refractivity contribution in [2.24, 2.45) is 0 Å². The largest absolute Gasteiger partial charge is 0.385 e. The first-order valence-electron chi connectivity index (χ1n) is 9.04. The Balaban J connectivity index is 1.64. The fourth-order valence-electron chi connectivity index (χ4n) is 3.13. The van der Waals surface area contributed by atoms with E-state index in [1.807, 2.05) is 41.3 Å². The molecule has 0 spiro atoms. The molecular weight excluding hydrogens is 328 g/mol. The van der Waals surface area contributed by atoms with Gasteiger partial charge >= 0.3 is 6.03 Å². The summed E-state index contributed by atoms with van der Waals surface area (Å²) in [6.45, 7) is 2.40. The van der Waals surface area contributed by atoms with Crippen LogP contribution in [0.15, 0.2) is 54.6 Å². The minimum Gasteiger partial charge on any atom is -0.385 e. The van der Waals surface area contributed by atoms with E-state index in [0.717, 1.165) is 24.1 Å². The molecule has 3 rings (SSSR count). The molecule has 2 amide bonds. The van der Waals surface area contributed by atoms with Gasteiger partial charge in [0.25, 0.3) is 0 Å². The van der Waals surface area contributed by atoms with Gasteiger partial charge < -0.3 is 19.7 Å². The molecule has 2 aromatic carbocycles. The van der Waals surface area contributed by atoms with Crippen molar-refractivity contribution < 1.29 is 14.3 Å². The van der Waals surface area contributed by atoms with Gasteiger partial charge in [0, 0.05) is 32.5 Å². The van der Waals surface area contributed by atoms with Crippen LogP contribution in [0.1, 0.15) is 17.5 Å². The maximum absolute atomic E-state index is 12.7. The molecule has 1 unspecified atom stereocenters. The quantitative estimate of drug-likeness (QED) is 0.863. The smallest absolute Gasteiger partial charge is 0.322 e. The Morgan fingerprint density at radius 2 is 1.96 bits per heavy atom. The zero-order valence-electron chi connectivity index (χ0n) is 15.2. The van der Waals surface area contributed by atoms with Gasteiger partial charge in [-0.05, 0) is 30.0 Å². The number of anilines is 1. The van der Waals surface area contributed by atoms with E-state index < -0.39 is 0 Å². The van der Waals surface area contributed by atoms with Gasteiger partial charge in [0.05, 0.1) is 12.7 Å². The Hall–Kier alpha value is -2.37. The summed E-state index contributed by atoms with van der Waals surface area (Å²) in [6, 6.07) is 18.2. The monoisotopic (exact) mass is 354 g/mol. The molecule has 5 heteroatoms. The molecule has 1 aliphatic heterocycles. The summed E-state index contributed by atoms with van der Waals surface area (Å²) in [4.78, 5) is 14.5. The first kappa shape index (κ1) is 18.4. The average molecular weight is 354 g/mol. The number of amides is 2. The first-order chi connectivity index (χ1) is 12.8. The van der Waals surface area contributed by atoms with Crippen LogP contribution >= 0.6 is 0 Å². The number of nitrogens with one attached hydrogen (secondary N) is 1. The molecule has 2 aromatic rings. The highest BCUT2D eigenvalue weighted by Gasteiger charge is 2.24. The Morgan fingerprint density at radius 3 is 2.77 bits per heavy atom. The third-order valence-electron chi connectivity index (χ3n) is 4.57. The molecule has 0 aromatic heterocycles. The van der Waals surface area contributed by atoms with Gasteiger partial charge in [-0.25, -0.2) is 4.79 Å². The number of hydrogen-bond donors (Lipinski definition) is 1. The summed E-state index contributed by atoms with van der Waals surface area (Å²) in [5.74, 6) is 0. The standard InChI is InChI=1S/C21H26N2O3/c1-25-13-11-19-16-23(12-14-26-19)21(24)22-20-10-6-5-9-18(20)15-17-7-3-2-4-8-17/h2-10,19H,11-16H2,1H3,(H,22,24). The molecule has 1 fully saturated rings. The predicted octanol–water partition coefficient (Wildman–Crippen LogP) is 3.55. The lowest BCUT2D eigenvalue weighted by molar-refractivity contribution is -0.0260. The van der Waals surface area contributed by atoms with E-state index in [-0.39, 0.29) is 12.1 Å². The van der Waals surface area contributed by atoms with Crippen molar-refractivity contribution in [2.75, 3.05) is 38.7 Å². The van der Waals surface area contributed by atoms with Crippen LogP contribution in [0.2, 0.25) is 0 Å². The van der Waals surface area contributed by atoms with Gasteiger partial charge in [0.2, 0.25) is 0 Å². The zero-order valence-corrected chi connectivity index (χ0v) is 15.2. The van der Waals surface area contributed by atoms with Crippen LogP contribution < -0.4 is 5.32 Å². The van der Waals surface area contributed by atoms with E-state index in [2.05, 4.69) is 23.5 Å². The van der Waals surface area contributed by atoms with Crippen molar-refractivity contribution in [1.82, 2.24) is 4.90 Å². The van der Waals surface area contributed by atoms with Crippen molar-refractivity contribution >= 4 is 11.7 Å². The van der Waals surface area contributed by atoms with E-state index >= 15 is 0 Å². The number of carbonyl (C=O) groups is 1. The van der Waals surface area contributed by atoms with Gasteiger partial charge in [-0.15, -0.1) is 0 Å². The van der Waals surface area contributed by atoms with Gasteiger partial charge in [0.15, 0.2) is 0 Å². The first-order valence-corrected chi connectivity index (χ1v) is 9.04. The van der Waals surface area contributed by atoms with Gasteiger partial charge in [-0.3, -0.25) is 0 Å². The number of hydrogen-bond acceptors (Lipinski definition) is 3. The fourth-order valence-corrected chi connectivity index (χ4v) is 3.13. The number of rotatable bonds is 6. The highest BCUT2D eigenvalue weighted by molar-refractivity contribution is 5.90. The lowest BCUT2D eigenvalue weighted by atomic mass is 10.0. The topological polar surface area (TPSA) is 50.8 Å². The second-order valence-corrected chi connectivity index (χ2v) is 6.47. The van der Waals surface area contributed by atoms with E-state index in [4.69, 9.17) is 9.47 Å². The summed E-state index contributed by atoms with van der Waals surface area (Å²) in [6.07, 6.45) is 1.62. The molecule has 5 nitrogen and oxygen atoms in total. The minimum atomic E-state index is -0.0729. The summed E-state index contributed by atoms with van der Waals surface area (Å²) >= 11 is 0. The molecule has 0 aliphatic carbocycles. The molecule has 1 N–H and O–H groups in total. The number of methoxy groups -OCH3 is 1. The van der Waals surface area contributed by atoms with Crippen LogP contribution in [0.4, 0.5) is 10.5 Å². The van der Waals surface area contributed by atoms with Crippen LogP contribution in [0, 0.1) is 0 Å². The van der Waals surface area contributed by atoms with E-state index in [1.54, 1.807) is 7.11 Å².